The average Bonchev–Trinajstić information content (AvgIpc) is 3.36. The maximum Gasteiger partial charge on any atom is 0.306 e. The molecule has 70 heavy (non-hydrogen) atoms. The highest BCUT2D eigenvalue weighted by Gasteiger charge is 2.19. The Bertz CT molecular complexity index is 1490. The van der Waals surface area contributed by atoms with E-state index in [9.17, 15) is 14.4 Å². The molecule has 0 rings (SSSR count). The van der Waals surface area contributed by atoms with Gasteiger partial charge in [0.05, 0.1) is 0 Å². The highest BCUT2D eigenvalue weighted by Crippen LogP contribution is 2.14. The van der Waals surface area contributed by atoms with Crippen LogP contribution in [0.2, 0.25) is 0 Å². The molecule has 1 atom stereocenters. The fourth-order valence-corrected chi connectivity index (χ4v) is 7.41. The fourth-order valence-electron chi connectivity index (χ4n) is 7.41. The Labute approximate surface area is 431 Å². The van der Waals surface area contributed by atoms with Crippen LogP contribution >= 0.6 is 0 Å². The molecule has 0 bridgehead atoms. The van der Waals surface area contributed by atoms with Crippen molar-refractivity contribution in [2.24, 2.45) is 0 Å². The van der Waals surface area contributed by atoms with Gasteiger partial charge in [-0.25, -0.2) is 0 Å². The summed E-state index contributed by atoms with van der Waals surface area (Å²) in [5.74, 6) is -0.923. The summed E-state index contributed by atoms with van der Waals surface area (Å²) in [5.41, 5.74) is 0. The van der Waals surface area contributed by atoms with Gasteiger partial charge in [0, 0.05) is 19.3 Å². The van der Waals surface area contributed by atoms with Gasteiger partial charge in [-0.3, -0.25) is 14.4 Å². The number of carbonyl (C=O) groups excluding carboxylic acids is 3. The van der Waals surface area contributed by atoms with Gasteiger partial charge in [-0.2, -0.15) is 0 Å². The van der Waals surface area contributed by atoms with Crippen LogP contribution < -0.4 is 0 Å². The molecule has 0 aliphatic carbocycles. The minimum atomic E-state index is -0.784. The third-order valence-electron chi connectivity index (χ3n) is 11.7. The van der Waals surface area contributed by atoms with Crippen LogP contribution in [-0.2, 0) is 28.6 Å². The number of unbranched alkanes of at least 4 members (excludes halogenated alkanes) is 19. The molecule has 0 aromatic rings. The third-order valence-corrected chi connectivity index (χ3v) is 11.7. The molecule has 0 aromatic heterocycles. The first-order valence-electron chi connectivity index (χ1n) is 28.5. The summed E-state index contributed by atoms with van der Waals surface area (Å²) in [6.45, 7) is 6.39. The summed E-state index contributed by atoms with van der Waals surface area (Å²) in [7, 11) is 0. The predicted octanol–water partition coefficient (Wildman–Crippen LogP) is 19.3. The van der Waals surface area contributed by atoms with Crippen molar-refractivity contribution >= 4 is 17.9 Å². The van der Waals surface area contributed by atoms with Crippen molar-refractivity contribution in [1.29, 1.82) is 0 Å². The standard InChI is InChI=1S/C64H104O6/c1-4-7-10-13-16-18-20-21-22-23-24-25-26-27-28-29-30-31-32-33-34-35-36-37-38-39-40-41-42-43-45-46-48-51-54-57-63(66)69-60-61(59-68-62(65)56-53-50-15-12-9-6-3)70-64(67)58-55-52-49-47-44-19-17-14-11-8-5-2/h7,10,14,16-18,21-22,24-25,27-28,30-31,33-34,36-37,39-40,61H,4-6,8-9,11-13,15,19-20,23,26,29,32,35,38,41-60H2,1-3H3/b10-7-,17-14-,18-16-,22-21-,25-24-,28-27-,31-30-,34-33-,37-36-,40-39-. The van der Waals surface area contributed by atoms with Crippen LogP contribution in [0.4, 0.5) is 0 Å². The zero-order chi connectivity index (χ0) is 50.7. The second-order valence-electron chi connectivity index (χ2n) is 18.5. The molecule has 0 aromatic carbocycles. The first-order chi connectivity index (χ1) is 34.5. The Hall–Kier alpha value is -4.19. The molecular formula is C64H104O6. The summed E-state index contributed by atoms with van der Waals surface area (Å²) >= 11 is 0. The Kier molecular flexibility index (Phi) is 54.0. The number of hydrogen-bond acceptors (Lipinski definition) is 6. The number of allylic oxidation sites excluding steroid dienone is 20. The Morgan fingerprint density at radius 2 is 0.571 bits per heavy atom. The SMILES string of the molecule is CC/C=C\C/C=C\C/C=C\C/C=C\C/C=C\C/C=C\C/C=C\C/C=C\C/C=C\CCCCCCCCCC(=O)OCC(COC(=O)CCCCCCCC)OC(=O)CCCCCCC/C=C\CCCC. The summed E-state index contributed by atoms with van der Waals surface area (Å²) in [5, 5.41) is 0. The monoisotopic (exact) mass is 969 g/mol. The van der Waals surface area contributed by atoms with Crippen molar-refractivity contribution in [2.75, 3.05) is 13.2 Å². The van der Waals surface area contributed by atoms with E-state index in [0.29, 0.717) is 19.3 Å². The van der Waals surface area contributed by atoms with Crippen molar-refractivity contribution in [1.82, 2.24) is 0 Å². The van der Waals surface area contributed by atoms with E-state index in [2.05, 4.69) is 142 Å². The Morgan fingerprint density at radius 1 is 0.300 bits per heavy atom. The van der Waals surface area contributed by atoms with Crippen LogP contribution in [0.3, 0.4) is 0 Å². The molecule has 0 heterocycles. The van der Waals surface area contributed by atoms with E-state index in [1.54, 1.807) is 0 Å². The molecule has 0 spiro atoms. The maximum absolute atomic E-state index is 12.7. The van der Waals surface area contributed by atoms with Gasteiger partial charge in [0.2, 0.25) is 0 Å². The third kappa shape index (κ3) is 54.7. The van der Waals surface area contributed by atoms with Crippen molar-refractivity contribution < 1.29 is 28.6 Å². The Morgan fingerprint density at radius 3 is 0.929 bits per heavy atom. The average molecular weight is 970 g/mol. The van der Waals surface area contributed by atoms with E-state index < -0.39 is 6.10 Å². The first-order valence-corrected chi connectivity index (χ1v) is 28.5. The van der Waals surface area contributed by atoms with Crippen LogP contribution in [0.1, 0.15) is 245 Å². The van der Waals surface area contributed by atoms with Gasteiger partial charge in [0.25, 0.3) is 0 Å². The normalized spacial score (nSPS) is 13.0. The van der Waals surface area contributed by atoms with E-state index in [-0.39, 0.29) is 31.1 Å². The molecule has 0 radical (unpaired) electrons. The van der Waals surface area contributed by atoms with E-state index in [4.69, 9.17) is 14.2 Å². The summed E-state index contributed by atoms with van der Waals surface area (Å²) in [6.07, 6.45) is 79.5. The molecule has 1 unspecified atom stereocenters. The van der Waals surface area contributed by atoms with E-state index >= 15 is 0 Å². The van der Waals surface area contributed by atoms with Crippen LogP contribution in [0, 0.1) is 0 Å². The molecule has 0 saturated carbocycles. The number of rotatable bonds is 50. The lowest BCUT2D eigenvalue weighted by Gasteiger charge is -2.18. The lowest BCUT2D eigenvalue weighted by molar-refractivity contribution is -0.167. The van der Waals surface area contributed by atoms with Gasteiger partial charge < -0.3 is 14.2 Å². The summed E-state index contributed by atoms with van der Waals surface area (Å²) < 4.78 is 16.7. The van der Waals surface area contributed by atoms with Crippen LogP contribution in [0.15, 0.2) is 122 Å². The van der Waals surface area contributed by atoms with Crippen LogP contribution in [-0.4, -0.2) is 37.2 Å². The minimum absolute atomic E-state index is 0.0859. The Balaban J connectivity index is 4.07. The zero-order valence-corrected chi connectivity index (χ0v) is 45.2. The molecule has 0 amide bonds. The lowest BCUT2D eigenvalue weighted by Crippen LogP contribution is -2.30. The number of hydrogen-bond donors (Lipinski definition) is 0. The van der Waals surface area contributed by atoms with E-state index in [1.807, 2.05) is 0 Å². The minimum Gasteiger partial charge on any atom is -0.462 e. The smallest absolute Gasteiger partial charge is 0.306 e. The molecule has 6 nitrogen and oxygen atoms in total. The van der Waals surface area contributed by atoms with Crippen molar-refractivity contribution in [3.05, 3.63) is 122 Å². The van der Waals surface area contributed by atoms with Crippen LogP contribution in [0.5, 0.6) is 0 Å². The van der Waals surface area contributed by atoms with Gasteiger partial charge in [0.15, 0.2) is 6.10 Å². The zero-order valence-electron chi connectivity index (χ0n) is 45.2. The maximum atomic E-state index is 12.7. The topological polar surface area (TPSA) is 78.9 Å². The van der Waals surface area contributed by atoms with Gasteiger partial charge in [0.1, 0.15) is 13.2 Å². The number of ether oxygens (including phenoxy) is 3. The predicted molar refractivity (Wildman–Crippen MR) is 302 cm³/mol. The van der Waals surface area contributed by atoms with Gasteiger partial charge >= 0.3 is 17.9 Å². The summed E-state index contributed by atoms with van der Waals surface area (Å²) in [6, 6.07) is 0. The van der Waals surface area contributed by atoms with Crippen molar-refractivity contribution in [3.63, 3.8) is 0 Å². The highest BCUT2D eigenvalue weighted by molar-refractivity contribution is 5.71. The number of esters is 3. The first kappa shape index (κ1) is 65.8. The molecule has 0 N–H and O–H groups in total. The largest absolute Gasteiger partial charge is 0.462 e. The van der Waals surface area contributed by atoms with E-state index in [0.717, 1.165) is 135 Å². The van der Waals surface area contributed by atoms with Gasteiger partial charge in [-0.05, 0) is 109 Å². The molecule has 0 aliphatic rings. The lowest BCUT2D eigenvalue weighted by atomic mass is 10.1. The second-order valence-corrected chi connectivity index (χ2v) is 18.5. The second kappa shape index (κ2) is 57.4. The van der Waals surface area contributed by atoms with Crippen LogP contribution in [0.25, 0.3) is 0 Å². The van der Waals surface area contributed by atoms with Crippen molar-refractivity contribution in [2.45, 2.75) is 252 Å². The molecular weight excluding hydrogens is 865 g/mol. The molecule has 0 fully saturated rings. The molecule has 6 heteroatoms. The number of carbonyl (C=O) groups is 3. The molecule has 0 saturated heterocycles. The highest BCUT2D eigenvalue weighted by atomic mass is 16.6. The molecule has 396 valence electrons. The van der Waals surface area contributed by atoms with E-state index in [1.165, 1.54) is 70.6 Å². The van der Waals surface area contributed by atoms with Crippen molar-refractivity contribution in [3.8, 4) is 0 Å². The van der Waals surface area contributed by atoms with Gasteiger partial charge in [-0.1, -0.05) is 239 Å². The molecule has 0 aliphatic heterocycles. The fraction of sp³-hybridized carbons (Fsp3) is 0.641. The quantitative estimate of drug-likeness (QED) is 0.0262. The van der Waals surface area contributed by atoms with Gasteiger partial charge in [-0.15, -0.1) is 0 Å². The summed E-state index contributed by atoms with van der Waals surface area (Å²) in [4.78, 5) is 37.7.